The number of unbranched alkanes of at least 4 members (excludes halogenated alkanes) is 17. The normalized spacial score (nSPS) is 11.5. The summed E-state index contributed by atoms with van der Waals surface area (Å²) in [5.74, 6) is 0.346. The molecule has 0 bridgehead atoms. The highest BCUT2D eigenvalue weighted by Gasteiger charge is 1.95. The molecule has 154 valence electrons. The Balaban J connectivity index is 3.06. The van der Waals surface area contributed by atoms with E-state index in [9.17, 15) is 4.79 Å². The Labute approximate surface area is 165 Å². The Morgan fingerprint density at radius 2 is 0.885 bits per heavy atom. The van der Waals surface area contributed by atoms with Gasteiger partial charge in [-0.1, -0.05) is 109 Å². The predicted octanol–water partition coefficient (Wildman–Crippen LogP) is 8.95. The van der Waals surface area contributed by atoms with E-state index in [0.717, 1.165) is 12.8 Å². The van der Waals surface area contributed by atoms with Crippen LogP contribution in [-0.2, 0) is 4.79 Å². The molecule has 0 aromatic rings. The minimum atomic E-state index is 0.346. The first-order valence-electron chi connectivity index (χ1n) is 11.9. The van der Waals surface area contributed by atoms with Crippen LogP contribution in [0.4, 0.5) is 0 Å². The van der Waals surface area contributed by atoms with Crippen LogP contribution in [0.25, 0.3) is 0 Å². The molecule has 0 N–H and O–H groups in total. The van der Waals surface area contributed by atoms with Gasteiger partial charge in [0.2, 0.25) is 0 Å². The number of Topliss-reactive ketones (excluding diaryl/α,β-unsaturated/α-hetero) is 1. The number of allylic oxidation sites excluding steroid dienone is 2. The zero-order valence-corrected chi connectivity index (χ0v) is 18.2. The van der Waals surface area contributed by atoms with Crippen LogP contribution in [0.5, 0.6) is 0 Å². The molecule has 0 amide bonds. The van der Waals surface area contributed by atoms with Crippen molar-refractivity contribution in [3.63, 3.8) is 0 Å². The molecule has 26 heavy (non-hydrogen) atoms. The summed E-state index contributed by atoms with van der Waals surface area (Å²) in [5.41, 5.74) is 0. The molecule has 0 atom stereocenters. The van der Waals surface area contributed by atoms with Crippen LogP contribution >= 0.6 is 0 Å². The van der Waals surface area contributed by atoms with Gasteiger partial charge in [0.1, 0.15) is 5.78 Å². The number of rotatable bonds is 21. The third-order valence-corrected chi connectivity index (χ3v) is 5.29. The molecule has 0 radical (unpaired) electrons. The van der Waals surface area contributed by atoms with Crippen LogP contribution in [0.1, 0.15) is 142 Å². The van der Waals surface area contributed by atoms with Crippen molar-refractivity contribution < 1.29 is 4.79 Å². The maximum Gasteiger partial charge on any atom is 0.129 e. The Hall–Kier alpha value is -0.590. The lowest BCUT2D eigenvalue weighted by molar-refractivity contribution is -0.117. The predicted molar refractivity (Wildman–Crippen MR) is 118 cm³/mol. The minimum absolute atomic E-state index is 0.346. The fraction of sp³-hybridized carbons (Fsp3) is 0.880. The van der Waals surface area contributed by atoms with Crippen LogP contribution in [0, 0.1) is 0 Å². The molecule has 0 aliphatic rings. The van der Waals surface area contributed by atoms with Crippen molar-refractivity contribution in [2.24, 2.45) is 0 Å². The van der Waals surface area contributed by atoms with Gasteiger partial charge in [0.15, 0.2) is 0 Å². The third-order valence-electron chi connectivity index (χ3n) is 5.29. The van der Waals surface area contributed by atoms with Gasteiger partial charge in [0.05, 0.1) is 0 Å². The first kappa shape index (κ1) is 25.4. The lowest BCUT2D eigenvalue weighted by atomic mass is 10.0. The maximum absolute atomic E-state index is 10.8. The van der Waals surface area contributed by atoms with Crippen molar-refractivity contribution in [3.8, 4) is 0 Å². The van der Waals surface area contributed by atoms with Gasteiger partial charge in [0, 0.05) is 6.42 Å². The minimum Gasteiger partial charge on any atom is -0.300 e. The molecule has 0 saturated carbocycles. The summed E-state index contributed by atoms with van der Waals surface area (Å²) in [6, 6.07) is 0. The fourth-order valence-electron chi connectivity index (χ4n) is 3.51. The molecule has 0 saturated heterocycles. The smallest absolute Gasteiger partial charge is 0.129 e. The first-order valence-corrected chi connectivity index (χ1v) is 11.9. The summed E-state index contributed by atoms with van der Waals surface area (Å²) in [5, 5.41) is 0. The average Bonchev–Trinajstić information content (AvgIpc) is 2.62. The Bertz CT molecular complexity index is 305. The molecular weight excluding hydrogens is 316 g/mol. The van der Waals surface area contributed by atoms with E-state index >= 15 is 0 Å². The number of carbonyl (C=O) groups is 1. The van der Waals surface area contributed by atoms with E-state index in [1.807, 2.05) is 0 Å². The number of carbonyl (C=O) groups excluding carboxylic acids is 1. The standard InChI is InChI=1S/C25H48O/c1-3-4-5-6-7-8-9-10-11-12-13-14-15-16-17-18-19-20-21-22-23-24-25(2)26/h10-11H,3-9,12-24H2,1-2H3/b11-10+. The number of hydrogen-bond acceptors (Lipinski definition) is 1. The van der Waals surface area contributed by atoms with Crippen molar-refractivity contribution in [2.45, 2.75) is 142 Å². The van der Waals surface area contributed by atoms with Crippen molar-refractivity contribution in [3.05, 3.63) is 12.2 Å². The van der Waals surface area contributed by atoms with Crippen molar-refractivity contribution >= 4 is 5.78 Å². The molecule has 0 aromatic carbocycles. The van der Waals surface area contributed by atoms with Gasteiger partial charge >= 0.3 is 0 Å². The molecule has 1 heteroatoms. The number of hydrogen-bond donors (Lipinski definition) is 0. The summed E-state index contributed by atoms with van der Waals surface area (Å²) in [7, 11) is 0. The van der Waals surface area contributed by atoms with Gasteiger partial charge in [-0.15, -0.1) is 0 Å². The van der Waals surface area contributed by atoms with Crippen molar-refractivity contribution in [2.75, 3.05) is 0 Å². The summed E-state index contributed by atoms with van der Waals surface area (Å²) in [6.07, 6.45) is 31.5. The number of ketones is 1. The van der Waals surface area contributed by atoms with Crippen LogP contribution in [0.3, 0.4) is 0 Å². The second kappa shape index (κ2) is 22.5. The second-order valence-corrected chi connectivity index (χ2v) is 8.16. The molecule has 1 nitrogen and oxygen atoms in total. The average molecular weight is 365 g/mol. The van der Waals surface area contributed by atoms with Crippen molar-refractivity contribution in [1.82, 2.24) is 0 Å². The van der Waals surface area contributed by atoms with Gasteiger partial charge in [-0.05, 0) is 39.0 Å². The van der Waals surface area contributed by atoms with Gasteiger partial charge in [-0.3, -0.25) is 0 Å². The summed E-state index contributed by atoms with van der Waals surface area (Å²) in [6.45, 7) is 3.98. The van der Waals surface area contributed by atoms with E-state index in [4.69, 9.17) is 0 Å². The molecule has 0 unspecified atom stereocenters. The Morgan fingerprint density at radius 3 is 1.27 bits per heavy atom. The van der Waals surface area contributed by atoms with Gasteiger partial charge in [-0.2, -0.15) is 0 Å². The summed E-state index contributed by atoms with van der Waals surface area (Å²) < 4.78 is 0. The first-order chi connectivity index (χ1) is 12.8. The molecule has 0 aromatic heterocycles. The van der Waals surface area contributed by atoms with E-state index in [-0.39, 0.29) is 0 Å². The van der Waals surface area contributed by atoms with Gasteiger partial charge in [0.25, 0.3) is 0 Å². The Kier molecular flexibility index (Phi) is 21.9. The largest absolute Gasteiger partial charge is 0.300 e. The second-order valence-electron chi connectivity index (χ2n) is 8.16. The Morgan fingerprint density at radius 1 is 0.538 bits per heavy atom. The monoisotopic (exact) mass is 364 g/mol. The highest BCUT2D eigenvalue weighted by atomic mass is 16.1. The molecule has 0 rings (SSSR count). The molecule has 0 aliphatic carbocycles. The SMILES string of the molecule is CCCCCCCC/C=C/CCCCCCCCCCCCCC(C)=O. The maximum atomic E-state index is 10.8. The van der Waals surface area contributed by atoms with Crippen LogP contribution < -0.4 is 0 Å². The molecule has 0 heterocycles. The van der Waals surface area contributed by atoms with E-state index < -0.39 is 0 Å². The lowest BCUT2D eigenvalue weighted by Crippen LogP contribution is -1.89. The molecular formula is C25H48O. The molecule has 0 aliphatic heterocycles. The van der Waals surface area contributed by atoms with Crippen molar-refractivity contribution in [1.29, 1.82) is 0 Å². The summed E-state index contributed by atoms with van der Waals surface area (Å²) in [4.78, 5) is 10.8. The molecule has 0 fully saturated rings. The van der Waals surface area contributed by atoms with E-state index in [0.29, 0.717) is 5.78 Å². The van der Waals surface area contributed by atoms with Gasteiger partial charge in [-0.25, -0.2) is 0 Å². The highest BCUT2D eigenvalue weighted by molar-refractivity contribution is 5.75. The van der Waals surface area contributed by atoms with Gasteiger partial charge < -0.3 is 4.79 Å². The van der Waals surface area contributed by atoms with E-state index in [1.165, 1.54) is 116 Å². The lowest BCUT2D eigenvalue weighted by Gasteiger charge is -2.02. The van der Waals surface area contributed by atoms with Crippen LogP contribution in [0.2, 0.25) is 0 Å². The zero-order valence-electron chi connectivity index (χ0n) is 18.2. The third kappa shape index (κ3) is 23.4. The van der Waals surface area contributed by atoms with E-state index in [2.05, 4.69) is 19.1 Å². The van der Waals surface area contributed by atoms with E-state index in [1.54, 1.807) is 6.92 Å². The zero-order chi connectivity index (χ0) is 19.1. The summed E-state index contributed by atoms with van der Waals surface area (Å²) >= 11 is 0. The fourth-order valence-corrected chi connectivity index (χ4v) is 3.51. The van der Waals surface area contributed by atoms with Crippen LogP contribution in [-0.4, -0.2) is 5.78 Å². The topological polar surface area (TPSA) is 17.1 Å². The van der Waals surface area contributed by atoms with Crippen LogP contribution in [0.15, 0.2) is 12.2 Å². The quantitative estimate of drug-likeness (QED) is 0.147. The highest BCUT2D eigenvalue weighted by Crippen LogP contribution is 2.13. The molecule has 0 spiro atoms.